The van der Waals surface area contributed by atoms with Crippen molar-refractivity contribution in [1.82, 2.24) is 29.4 Å². The van der Waals surface area contributed by atoms with E-state index in [0.717, 1.165) is 0 Å². The number of aromatic hydroxyl groups is 1. The zero-order valence-corrected chi connectivity index (χ0v) is 21.1. The Bertz CT molecular complexity index is 1750. The predicted molar refractivity (Wildman–Crippen MR) is 140 cm³/mol. The first kappa shape index (κ1) is 25.4. The lowest BCUT2D eigenvalue weighted by atomic mass is 10.1. The molecular formula is C26H25N7O6. The van der Waals surface area contributed by atoms with Crippen molar-refractivity contribution in [1.29, 1.82) is 0 Å². The largest absolute Gasteiger partial charge is 0.503 e. The highest BCUT2D eigenvalue weighted by Crippen LogP contribution is 2.23. The maximum absolute atomic E-state index is 12.9. The van der Waals surface area contributed by atoms with Gasteiger partial charge in [0.1, 0.15) is 0 Å². The standard InChI is InChI=1S/C26H25N7O6/c1-14(2)31-8-9-32-18(11-19(34)22(35)21(32)25(31)38)12-27-23(36)15-4-3-5-17(10-15)28-24(37)16-6-7-20-29-30-26(39)33(20)13-16/h3-7,10-11,13-14,35H,8-9,12H2,1-2H3,(H,27,36)(H,28,37)(H,30,39). The van der Waals surface area contributed by atoms with Crippen molar-refractivity contribution in [3.05, 3.63) is 91.9 Å². The Balaban J connectivity index is 1.31. The van der Waals surface area contributed by atoms with Crippen molar-refractivity contribution in [2.75, 3.05) is 11.9 Å². The number of aromatic amines is 1. The van der Waals surface area contributed by atoms with Gasteiger partial charge in [-0.15, -0.1) is 0 Å². The molecule has 39 heavy (non-hydrogen) atoms. The van der Waals surface area contributed by atoms with Crippen LogP contribution in [0.1, 0.15) is 50.7 Å². The number of carbonyl (C=O) groups excluding carboxylic acids is 3. The maximum atomic E-state index is 12.9. The summed E-state index contributed by atoms with van der Waals surface area (Å²) in [6.45, 7) is 4.39. The highest BCUT2D eigenvalue weighted by atomic mass is 16.3. The SMILES string of the molecule is CC(C)N1CCn2c(CNC(=O)c3cccc(NC(=O)c4ccc5n[nH]c(=O)n5c4)c3)cc(=O)c(O)c2C1=O. The molecule has 0 atom stereocenters. The van der Waals surface area contributed by atoms with Gasteiger partial charge >= 0.3 is 5.69 Å². The molecule has 0 unspecified atom stereocenters. The van der Waals surface area contributed by atoms with Gasteiger partial charge in [-0.05, 0) is 44.2 Å². The zero-order valence-electron chi connectivity index (χ0n) is 21.1. The van der Waals surface area contributed by atoms with Crippen molar-refractivity contribution in [2.45, 2.75) is 33.0 Å². The monoisotopic (exact) mass is 531 g/mol. The van der Waals surface area contributed by atoms with Crippen LogP contribution in [0.5, 0.6) is 5.75 Å². The fraction of sp³-hybridized carbons (Fsp3) is 0.231. The number of carbonyl (C=O) groups is 3. The van der Waals surface area contributed by atoms with Gasteiger partial charge in [-0.2, -0.15) is 5.10 Å². The Morgan fingerprint density at radius 2 is 1.85 bits per heavy atom. The first-order chi connectivity index (χ1) is 18.6. The molecule has 4 heterocycles. The summed E-state index contributed by atoms with van der Waals surface area (Å²) in [7, 11) is 0. The second kappa shape index (κ2) is 9.93. The fourth-order valence-electron chi connectivity index (χ4n) is 4.50. The lowest BCUT2D eigenvalue weighted by molar-refractivity contribution is 0.0639. The van der Waals surface area contributed by atoms with E-state index in [9.17, 15) is 29.1 Å². The van der Waals surface area contributed by atoms with Gasteiger partial charge in [-0.1, -0.05) is 6.07 Å². The van der Waals surface area contributed by atoms with E-state index in [-0.39, 0.29) is 29.4 Å². The fourth-order valence-corrected chi connectivity index (χ4v) is 4.50. The Hall–Kier alpha value is -5.20. The first-order valence-electron chi connectivity index (χ1n) is 12.2. The number of hydrogen-bond donors (Lipinski definition) is 4. The van der Waals surface area contributed by atoms with Gasteiger partial charge in [0.05, 0.1) is 12.1 Å². The molecule has 0 aliphatic carbocycles. The summed E-state index contributed by atoms with van der Waals surface area (Å²) in [5.41, 5.74) is 0.297. The third kappa shape index (κ3) is 4.77. The zero-order chi connectivity index (χ0) is 27.8. The molecule has 200 valence electrons. The van der Waals surface area contributed by atoms with E-state index in [4.69, 9.17) is 0 Å². The normalized spacial score (nSPS) is 13.0. The van der Waals surface area contributed by atoms with Gasteiger partial charge in [0.15, 0.2) is 17.1 Å². The average Bonchev–Trinajstić information content (AvgIpc) is 3.29. The van der Waals surface area contributed by atoms with E-state index >= 15 is 0 Å². The Kier molecular flexibility index (Phi) is 6.48. The molecule has 13 nitrogen and oxygen atoms in total. The van der Waals surface area contributed by atoms with Gasteiger partial charge in [0, 0.05) is 48.3 Å². The van der Waals surface area contributed by atoms with E-state index in [1.54, 1.807) is 27.7 Å². The van der Waals surface area contributed by atoms with Crippen LogP contribution in [-0.4, -0.2) is 59.5 Å². The van der Waals surface area contributed by atoms with Crippen LogP contribution in [0.15, 0.2) is 58.3 Å². The van der Waals surface area contributed by atoms with E-state index in [0.29, 0.717) is 30.1 Å². The second-order valence-corrected chi connectivity index (χ2v) is 9.33. The van der Waals surface area contributed by atoms with Gasteiger partial charge in [-0.3, -0.25) is 19.2 Å². The van der Waals surface area contributed by atoms with Gasteiger partial charge < -0.3 is 25.2 Å². The minimum atomic E-state index is -0.704. The lowest BCUT2D eigenvalue weighted by Crippen LogP contribution is -2.46. The molecule has 1 aliphatic heterocycles. The number of rotatable bonds is 6. The number of H-pyrrole nitrogens is 1. The van der Waals surface area contributed by atoms with Crippen LogP contribution in [-0.2, 0) is 13.1 Å². The van der Waals surface area contributed by atoms with Gasteiger partial charge in [0.2, 0.25) is 5.43 Å². The highest BCUT2D eigenvalue weighted by molar-refractivity contribution is 6.05. The molecule has 0 fully saturated rings. The van der Waals surface area contributed by atoms with E-state index in [2.05, 4.69) is 20.8 Å². The Morgan fingerprint density at radius 1 is 1.05 bits per heavy atom. The molecule has 0 bridgehead atoms. The molecular weight excluding hydrogens is 506 g/mol. The second-order valence-electron chi connectivity index (χ2n) is 9.33. The molecule has 4 aromatic rings. The minimum Gasteiger partial charge on any atom is -0.503 e. The molecule has 3 amide bonds. The summed E-state index contributed by atoms with van der Waals surface area (Å²) in [5, 5.41) is 21.9. The molecule has 3 aromatic heterocycles. The van der Waals surface area contributed by atoms with E-state index in [1.807, 2.05) is 13.8 Å². The number of pyridine rings is 2. The number of amides is 3. The Morgan fingerprint density at radius 3 is 2.62 bits per heavy atom. The predicted octanol–water partition coefficient (Wildman–Crippen LogP) is 0.936. The molecule has 5 rings (SSSR count). The molecule has 0 saturated carbocycles. The summed E-state index contributed by atoms with van der Waals surface area (Å²) in [4.78, 5) is 64.3. The molecule has 1 aromatic carbocycles. The maximum Gasteiger partial charge on any atom is 0.347 e. The molecule has 0 radical (unpaired) electrons. The molecule has 1 aliphatic rings. The number of nitrogens with one attached hydrogen (secondary N) is 3. The number of aromatic nitrogens is 4. The van der Waals surface area contributed by atoms with Crippen LogP contribution in [0.3, 0.4) is 0 Å². The van der Waals surface area contributed by atoms with Crippen LogP contribution in [0.25, 0.3) is 5.65 Å². The van der Waals surface area contributed by atoms with Crippen molar-refractivity contribution >= 4 is 29.1 Å². The van der Waals surface area contributed by atoms with Crippen LogP contribution in [0.4, 0.5) is 5.69 Å². The van der Waals surface area contributed by atoms with Crippen molar-refractivity contribution in [3.8, 4) is 5.75 Å². The Labute approximate surface area is 220 Å². The van der Waals surface area contributed by atoms with Crippen LogP contribution in [0, 0.1) is 0 Å². The summed E-state index contributed by atoms with van der Waals surface area (Å²) in [5.74, 6) is -2.02. The van der Waals surface area contributed by atoms with Crippen LogP contribution < -0.4 is 21.8 Å². The van der Waals surface area contributed by atoms with E-state index in [1.165, 1.54) is 34.9 Å². The number of fused-ring (bicyclic) bond motifs is 2. The third-order valence-electron chi connectivity index (χ3n) is 6.51. The first-order valence-corrected chi connectivity index (χ1v) is 12.2. The number of anilines is 1. The topological polar surface area (TPSA) is 171 Å². The summed E-state index contributed by atoms with van der Waals surface area (Å²) in [6.07, 6.45) is 1.36. The lowest BCUT2D eigenvalue weighted by Gasteiger charge is -2.34. The average molecular weight is 532 g/mol. The summed E-state index contributed by atoms with van der Waals surface area (Å²) >= 11 is 0. The van der Waals surface area contributed by atoms with Gasteiger partial charge in [0.25, 0.3) is 17.7 Å². The van der Waals surface area contributed by atoms with Crippen molar-refractivity contribution < 1.29 is 19.5 Å². The molecule has 0 saturated heterocycles. The summed E-state index contributed by atoms with van der Waals surface area (Å²) < 4.78 is 2.76. The van der Waals surface area contributed by atoms with Crippen LogP contribution >= 0.6 is 0 Å². The van der Waals surface area contributed by atoms with Gasteiger partial charge in [-0.25, -0.2) is 14.3 Å². The van der Waals surface area contributed by atoms with Crippen LogP contribution in [0.2, 0.25) is 0 Å². The number of hydrogen-bond acceptors (Lipinski definition) is 7. The van der Waals surface area contributed by atoms with E-state index < -0.39 is 34.6 Å². The van der Waals surface area contributed by atoms with Crippen molar-refractivity contribution in [3.63, 3.8) is 0 Å². The smallest absolute Gasteiger partial charge is 0.347 e. The minimum absolute atomic E-state index is 0.0631. The molecule has 13 heteroatoms. The van der Waals surface area contributed by atoms with Crippen molar-refractivity contribution in [2.24, 2.45) is 0 Å². The third-order valence-corrected chi connectivity index (χ3v) is 6.51. The quantitative estimate of drug-likeness (QED) is 0.287. The molecule has 4 N–H and O–H groups in total. The highest BCUT2D eigenvalue weighted by Gasteiger charge is 2.31. The number of benzene rings is 1. The molecule has 0 spiro atoms. The summed E-state index contributed by atoms with van der Waals surface area (Å²) in [6, 6.07) is 10.4. The number of nitrogens with zero attached hydrogens (tertiary/aromatic N) is 4.